The van der Waals surface area contributed by atoms with Crippen molar-refractivity contribution in [1.82, 2.24) is 5.32 Å². The molecule has 1 amide bonds. The molecule has 0 saturated carbocycles. The fourth-order valence-corrected chi connectivity index (χ4v) is 4.21. The number of carbonyl (C=O) groups excluding carboxylic acids is 3. The summed E-state index contributed by atoms with van der Waals surface area (Å²) in [5.41, 5.74) is 0.441. The van der Waals surface area contributed by atoms with Gasteiger partial charge < -0.3 is 34.1 Å². The van der Waals surface area contributed by atoms with Crippen LogP contribution < -0.4 is 14.8 Å². The minimum atomic E-state index is -2.41. The highest BCUT2D eigenvalue weighted by molar-refractivity contribution is 6.76. The number of methoxy groups -OCH3 is 1. The Bertz CT molecular complexity index is 1350. The third kappa shape index (κ3) is 8.05. The van der Waals surface area contributed by atoms with Gasteiger partial charge in [0.15, 0.2) is 6.10 Å². The summed E-state index contributed by atoms with van der Waals surface area (Å²) in [6.07, 6.45) is -5.83. The van der Waals surface area contributed by atoms with E-state index in [1.165, 1.54) is 19.2 Å². The van der Waals surface area contributed by atoms with E-state index in [0.717, 1.165) is 0 Å². The number of esters is 2. The van der Waals surface area contributed by atoms with Gasteiger partial charge in [-0.1, -0.05) is 71.2 Å². The first-order valence-electron chi connectivity index (χ1n) is 12.6. The monoisotopic (exact) mass is 637 g/mol. The van der Waals surface area contributed by atoms with Gasteiger partial charge in [-0.15, -0.1) is 0 Å². The maximum absolute atomic E-state index is 13.1. The molecule has 3 aromatic rings. The number of aliphatic hydroxyl groups excluding tert-OH is 1. The zero-order valence-electron chi connectivity index (χ0n) is 22.0. The fraction of sp³-hybridized carbons (Fsp3) is 0.276. The molecule has 0 bridgehead atoms. The summed E-state index contributed by atoms with van der Waals surface area (Å²) in [4.78, 5) is 38.4. The number of hydrogen-bond donors (Lipinski definition) is 2. The Kier molecular flexibility index (Phi) is 10.5. The highest BCUT2D eigenvalue weighted by Gasteiger charge is 2.51. The van der Waals surface area contributed by atoms with Gasteiger partial charge in [-0.05, 0) is 48.5 Å². The maximum Gasteiger partial charge on any atom is 0.338 e. The molecule has 1 heterocycles. The van der Waals surface area contributed by atoms with Crippen LogP contribution in [-0.2, 0) is 19.0 Å². The van der Waals surface area contributed by atoms with Gasteiger partial charge in [-0.25, -0.2) is 9.59 Å². The molecule has 1 aliphatic rings. The average Bonchev–Trinajstić information content (AvgIpc) is 2.99. The molecule has 222 valence electrons. The van der Waals surface area contributed by atoms with Crippen LogP contribution in [-0.4, -0.2) is 71.1 Å². The summed E-state index contributed by atoms with van der Waals surface area (Å²) in [5.74, 6) is -1.78. The topological polar surface area (TPSA) is 130 Å². The predicted octanol–water partition coefficient (Wildman–Crippen LogP) is 4.10. The molecule has 13 heteroatoms. The van der Waals surface area contributed by atoms with E-state index in [2.05, 4.69) is 5.32 Å². The number of amides is 1. The molecule has 0 unspecified atom stereocenters. The first-order chi connectivity index (χ1) is 20.1. The quantitative estimate of drug-likeness (QED) is 0.263. The molecule has 3 aromatic carbocycles. The van der Waals surface area contributed by atoms with Crippen LogP contribution in [0.25, 0.3) is 0 Å². The number of benzene rings is 3. The Hall–Kier alpha value is -3.54. The molecule has 1 aliphatic heterocycles. The lowest BCUT2D eigenvalue weighted by atomic mass is 9.96. The molecule has 42 heavy (non-hydrogen) atoms. The standard InChI is InChI=1S/C29H26Cl3NO9/c1-38-19-12-14-20(15-13-19)40-27-22(33-28(37)29(30,31)32)24(42-26(36)18-10-6-3-7-11-18)23(34)21(41-27)16-39-25(35)17-8-4-2-5-9-17/h2-15,21-24,27,34H,16H2,1H3,(H,33,37)/t21-,22-,23-,24-,27-/m1/s1. The van der Waals surface area contributed by atoms with Gasteiger partial charge in [0, 0.05) is 0 Å². The van der Waals surface area contributed by atoms with Gasteiger partial charge in [0.2, 0.25) is 6.29 Å². The van der Waals surface area contributed by atoms with E-state index < -0.39 is 58.9 Å². The molecule has 0 spiro atoms. The molecule has 4 rings (SSSR count). The lowest BCUT2D eigenvalue weighted by Gasteiger charge is -2.44. The number of carbonyl (C=O) groups is 3. The lowest BCUT2D eigenvalue weighted by Crippen LogP contribution is -2.67. The summed E-state index contributed by atoms with van der Waals surface area (Å²) in [5, 5.41) is 13.8. The third-order valence-corrected chi connectivity index (χ3v) is 6.70. The van der Waals surface area contributed by atoms with E-state index in [-0.39, 0.29) is 16.9 Å². The van der Waals surface area contributed by atoms with Crippen LogP contribution >= 0.6 is 34.8 Å². The van der Waals surface area contributed by atoms with Gasteiger partial charge in [-0.2, -0.15) is 0 Å². The zero-order valence-corrected chi connectivity index (χ0v) is 24.3. The van der Waals surface area contributed by atoms with E-state index in [0.29, 0.717) is 5.75 Å². The Morgan fingerprint density at radius 3 is 1.95 bits per heavy atom. The number of hydrogen-bond acceptors (Lipinski definition) is 9. The minimum Gasteiger partial charge on any atom is -0.497 e. The van der Waals surface area contributed by atoms with Crippen molar-refractivity contribution in [3.05, 3.63) is 96.1 Å². The summed E-state index contributed by atoms with van der Waals surface area (Å²) in [7, 11) is 1.50. The Morgan fingerprint density at radius 1 is 0.857 bits per heavy atom. The number of ether oxygens (including phenoxy) is 5. The second kappa shape index (κ2) is 14.1. The number of nitrogens with one attached hydrogen (secondary N) is 1. The first kappa shape index (κ1) is 31.4. The molecule has 5 atom stereocenters. The largest absolute Gasteiger partial charge is 0.497 e. The molecule has 0 aromatic heterocycles. The molecule has 2 N–H and O–H groups in total. The van der Waals surface area contributed by atoms with E-state index in [9.17, 15) is 19.5 Å². The van der Waals surface area contributed by atoms with Crippen LogP contribution in [0.3, 0.4) is 0 Å². The number of halogens is 3. The van der Waals surface area contributed by atoms with Gasteiger partial charge >= 0.3 is 11.9 Å². The summed E-state index contributed by atoms with van der Waals surface area (Å²) >= 11 is 17.4. The van der Waals surface area contributed by atoms with Crippen molar-refractivity contribution in [2.75, 3.05) is 13.7 Å². The Balaban J connectivity index is 1.65. The molecule has 10 nitrogen and oxygen atoms in total. The highest BCUT2D eigenvalue weighted by Crippen LogP contribution is 2.31. The molecule has 0 aliphatic carbocycles. The van der Waals surface area contributed by atoms with Crippen LogP contribution in [0.2, 0.25) is 0 Å². The number of aliphatic hydroxyl groups is 1. The highest BCUT2D eigenvalue weighted by atomic mass is 35.6. The summed E-state index contributed by atoms with van der Waals surface area (Å²) < 4.78 is 25.8. The van der Waals surface area contributed by atoms with Gasteiger partial charge in [-0.3, -0.25) is 4.79 Å². The van der Waals surface area contributed by atoms with Crippen LogP contribution in [0.15, 0.2) is 84.9 Å². The van der Waals surface area contributed by atoms with Crippen molar-refractivity contribution in [3.63, 3.8) is 0 Å². The zero-order chi connectivity index (χ0) is 30.3. The number of rotatable bonds is 9. The molecule has 1 saturated heterocycles. The van der Waals surface area contributed by atoms with Crippen molar-refractivity contribution >= 4 is 52.6 Å². The summed E-state index contributed by atoms with van der Waals surface area (Å²) in [6, 6.07) is 21.1. The van der Waals surface area contributed by atoms with E-state index in [1.807, 2.05) is 0 Å². The van der Waals surface area contributed by atoms with Crippen molar-refractivity contribution in [2.45, 2.75) is 34.4 Å². The first-order valence-corrected chi connectivity index (χ1v) is 13.7. The maximum atomic E-state index is 13.1. The van der Waals surface area contributed by atoms with Crippen LogP contribution in [0.4, 0.5) is 0 Å². The van der Waals surface area contributed by atoms with Gasteiger partial charge in [0.25, 0.3) is 9.70 Å². The van der Waals surface area contributed by atoms with Crippen LogP contribution in [0.1, 0.15) is 20.7 Å². The van der Waals surface area contributed by atoms with Crippen molar-refractivity contribution < 1.29 is 43.2 Å². The fourth-order valence-electron chi connectivity index (χ4n) is 4.05. The van der Waals surface area contributed by atoms with Gasteiger partial charge in [0.05, 0.1) is 18.2 Å². The molecular weight excluding hydrogens is 613 g/mol. The van der Waals surface area contributed by atoms with Crippen molar-refractivity contribution in [1.29, 1.82) is 0 Å². The second-order valence-electron chi connectivity index (χ2n) is 9.02. The van der Waals surface area contributed by atoms with Crippen LogP contribution in [0, 0.1) is 0 Å². The van der Waals surface area contributed by atoms with E-state index in [4.69, 9.17) is 58.5 Å². The summed E-state index contributed by atoms with van der Waals surface area (Å²) in [6.45, 7) is -0.456. The minimum absolute atomic E-state index is 0.169. The molecule has 1 fully saturated rings. The second-order valence-corrected chi connectivity index (χ2v) is 11.3. The Morgan fingerprint density at radius 2 is 1.40 bits per heavy atom. The smallest absolute Gasteiger partial charge is 0.338 e. The predicted molar refractivity (Wildman–Crippen MR) is 153 cm³/mol. The normalized spacial score (nSPS) is 22.0. The average molecular weight is 639 g/mol. The SMILES string of the molecule is COc1ccc(O[C@@H]2O[C@H](COC(=O)c3ccccc3)[C@@H](O)[C@H](OC(=O)c3ccccc3)[C@H]2NC(=O)C(Cl)(Cl)Cl)cc1. The van der Waals surface area contributed by atoms with Gasteiger partial charge in [0.1, 0.15) is 36.4 Å². The van der Waals surface area contributed by atoms with Crippen LogP contribution in [0.5, 0.6) is 11.5 Å². The lowest BCUT2D eigenvalue weighted by molar-refractivity contribution is -0.244. The molecule has 0 radical (unpaired) electrons. The number of alkyl halides is 3. The van der Waals surface area contributed by atoms with E-state index >= 15 is 0 Å². The third-order valence-electron chi connectivity index (χ3n) is 6.18. The molecular formula is C29H26Cl3NO9. The van der Waals surface area contributed by atoms with E-state index in [1.54, 1.807) is 72.8 Å². The van der Waals surface area contributed by atoms with Crippen molar-refractivity contribution in [3.8, 4) is 11.5 Å². The van der Waals surface area contributed by atoms with Crippen molar-refractivity contribution in [2.24, 2.45) is 0 Å². The Labute approximate surface area is 256 Å².